The molecule has 0 N–H and O–H groups in total. The minimum Gasteiger partial charge on any atom is -0.417 e. The van der Waals surface area contributed by atoms with E-state index in [9.17, 15) is 0 Å². The molecule has 0 spiro atoms. The molecule has 3 rings (SSSR count). The van der Waals surface area contributed by atoms with Crippen molar-refractivity contribution in [1.29, 1.82) is 0 Å². The van der Waals surface area contributed by atoms with Crippen LogP contribution in [-0.4, -0.2) is 27.5 Å². The maximum Gasteiger partial charge on any atom is 0.268 e. The molecule has 0 aliphatic heterocycles. The fourth-order valence-corrected chi connectivity index (χ4v) is 2.23. The molecule has 6 heteroatoms. The first-order valence-corrected chi connectivity index (χ1v) is 7.90. The van der Waals surface area contributed by atoms with Crippen LogP contribution in [0.3, 0.4) is 0 Å². The zero-order valence-corrected chi connectivity index (χ0v) is 14.7. The summed E-state index contributed by atoms with van der Waals surface area (Å²) in [6.45, 7) is 8.41. The van der Waals surface area contributed by atoms with Crippen LogP contribution in [0.1, 0.15) is 30.9 Å². The van der Waals surface area contributed by atoms with Crippen LogP contribution in [0.5, 0.6) is 0 Å². The third kappa shape index (κ3) is 4.02. The maximum absolute atomic E-state index is 5.45. The van der Waals surface area contributed by atoms with E-state index in [2.05, 4.69) is 52.4 Å². The van der Waals surface area contributed by atoms with E-state index in [0.717, 1.165) is 11.3 Å². The summed E-state index contributed by atoms with van der Waals surface area (Å²) in [6.07, 6.45) is 0. The second kappa shape index (κ2) is 8.31. The number of rotatable bonds is 4. The largest absolute Gasteiger partial charge is 0.417 e. The SMILES string of the molecule is CC.COCc1nnc(-c2ccc(-c3ccc(C)cc3C)nn2)o1. The normalized spacial score (nSPS) is 10.2. The van der Waals surface area contributed by atoms with Gasteiger partial charge in [-0.3, -0.25) is 0 Å². The van der Waals surface area contributed by atoms with Crippen LogP contribution < -0.4 is 0 Å². The molecule has 126 valence electrons. The lowest BCUT2D eigenvalue weighted by atomic mass is 10.0. The molecule has 0 aliphatic carbocycles. The Balaban J connectivity index is 0.00000100. The van der Waals surface area contributed by atoms with Crippen molar-refractivity contribution in [3.8, 4) is 22.8 Å². The molecule has 0 fully saturated rings. The van der Waals surface area contributed by atoms with Gasteiger partial charge in [-0.05, 0) is 31.5 Å². The topological polar surface area (TPSA) is 73.9 Å². The van der Waals surface area contributed by atoms with Gasteiger partial charge in [-0.2, -0.15) is 0 Å². The van der Waals surface area contributed by atoms with Crippen molar-refractivity contribution in [2.24, 2.45) is 0 Å². The van der Waals surface area contributed by atoms with Crippen LogP contribution >= 0.6 is 0 Å². The molecule has 2 aromatic heterocycles. The van der Waals surface area contributed by atoms with E-state index in [1.165, 1.54) is 11.1 Å². The van der Waals surface area contributed by atoms with E-state index < -0.39 is 0 Å². The molecule has 1 aromatic carbocycles. The molecule has 0 radical (unpaired) electrons. The highest BCUT2D eigenvalue weighted by molar-refractivity contribution is 5.64. The number of hydrogen-bond acceptors (Lipinski definition) is 6. The van der Waals surface area contributed by atoms with Gasteiger partial charge in [-0.1, -0.05) is 37.6 Å². The van der Waals surface area contributed by atoms with Crippen LogP contribution in [-0.2, 0) is 11.3 Å². The lowest BCUT2D eigenvalue weighted by molar-refractivity contribution is 0.160. The van der Waals surface area contributed by atoms with Crippen LogP contribution in [0.4, 0.5) is 0 Å². The number of hydrogen-bond donors (Lipinski definition) is 0. The molecule has 0 saturated heterocycles. The van der Waals surface area contributed by atoms with Gasteiger partial charge in [0.2, 0.25) is 5.89 Å². The van der Waals surface area contributed by atoms with Crippen LogP contribution in [0.15, 0.2) is 34.7 Å². The van der Waals surface area contributed by atoms with Gasteiger partial charge < -0.3 is 9.15 Å². The van der Waals surface area contributed by atoms with Crippen molar-refractivity contribution in [3.05, 3.63) is 47.3 Å². The number of aryl methyl sites for hydroxylation is 2. The number of ether oxygens (including phenoxy) is 1. The van der Waals surface area contributed by atoms with Crippen LogP contribution in [0.2, 0.25) is 0 Å². The van der Waals surface area contributed by atoms with Gasteiger partial charge in [0, 0.05) is 12.7 Å². The molecule has 0 unspecified atom stereocenters. The van der Waals surface area contributed by atoms with E-state index in [-0.39, 0.29) is 6.61 Å². The van der Waals surface area contributed by atoms with Crippen LogP contribution in [0, 0.1) is 13.8 Å². The second-order valence-electron chi connectivity index (χ2n) is 5.06. The average Bonchev–Trinajstić information content (AvgIpc) is 3.06. The standard InChI is InChI=1S/C16H16N4O2.C2H6/c1-10-4-5-12(11(2)8-10)13-6-7-14(18-17-13)16-20-19-15(22-16)9-21-3;1-2/h4-8H,9H2,1-3H3;1-2H3. The first-order chi connectivity index (χ1) is 11.7. The van der Waals surface area contributed by atoms with Crippen molar-refractivity contribution >= 4 is 0 Å². The fourth-order valence-electron chi connectivity index (χ4n) is 2.23. The predicted molar refractivity (Wildman–Crippen MR) is 92.3 cm³/mol. The van der Waals surface area contributed by atoms with Gasteiger partial charge in [-0.25, -0.2) is 0 Å². The Hall–Kier alpha value is -2.60. The van der Waals surface area contributed by atoms with E-state index >= 15 is 0 Å². The zero-order chi connectivity index (χ0) is 17.5. The highest BCUT2D eigenvalue weighted by Gasteiger charge is 2.11. The Labute approximate surface area is 141 Å². The van der Waals surface area contributed by atoms with Gasteiger partial charge >= 0.3 is 0 Å². The second-order valence-corrected chi connectivity index (χ2v) is 5.06. The van der Waals surface area contributed by atoms with E-state index in [4.69, 9.17) is 9.15 Å². The molecule has 2 heterocycles. The van der Waals surface area contributed by atoms with Crippen molar-refractivity contribution in [3.63, 3.8) is 0 Å². The minimum atomic E-state index is 0.279. The summed E-state index contributed by atoms with van der Waals surface area (Å²) in [5, 5.41) is 16.3. The summed E-state index contributed by atoms with van der Waals surface area (Å²) in [4.78, 5) is 0. The van der Waals surface area contributed by atoms with E-state index in [0.29, 0.717) is 17.5 Å². The Morgan fingerprint density at radius 2 is 1.62 bits per heavy atom. The molecule has 0 amide bonds. The Morgan fingerprint density at radius 1 is 0.917 bits per heavy atom. The predicted octanol–water partition coefficient (Wildman–Crippen LogP) is 3.98. The first-order valence-electron chi connectivity index (χ1n) is 7.90. The maximum atomic E-state index is 5.45. The Bertz CT molecular complexity index is 782. The summed E-state index contributed by atoms with van der Waals surface area (Å²) in [7, 11) is 1.57. The van der Waals surface area contributed by atoms with Crippen molar-refractivity contribution < 1.29 is 9.15 Å². The molecule has 24 heavy (non-hydrogen) atoms. The molecule has 6 nitrogen and oxygen atoms in total. The molecule has 0 bridgehead atoms. The monoisotopic (exact) mass is 326 g/mol. The molecular weight excluding hydrogens is 304 g/mol. The van der Waals surface area contributed by atoms with E-state index in [1.807, 2.05) is 26.0 Å². The van der Waals surface area contributed by atoms with Gasteiger partial charge in [0.15, 0.2) is 0 Å². The number of aromatic nitrogens is 4. The van der Waals surface area contributed by atoms with Gasteiger partial charge in [-0.15, -0.1) is 20.4 Å². The average molecular weight is 326 g/mol. The van der Waals surface area contributed by atoms with Crippen LogP contribution in [0.25, 0.3) is 22.8 Å². The Kier molecular flexibility index (Phi) is 6.14. The highest BCUT2D eigenvalue weighted by Crippen LogP contribution is 2.23. The highest BCUT2D eigenvalue weighted by atomic mass is 16.5. The summed E-state index contributed by atoms with van der Waals surface area (Å²) in [6, 6.07) is 9.97. The lowest BCUT2D eigenvalue weighted by Gasteiger charge is -2.05. The fraction of sp³-hybridized carbons (Fsp3) is 0.333. The molecule has 0 aliphatic rings. The van der Waals surface area contributed by atoms with E-state index in [1.54, 1.807) is 7.11 Å². The van der Waals surface area contributed by atoms with Crippen molar-refractivity contribution in [2.45, 2.75) is 34.3 Å². The molecule has 0 saturated carbocycles. The summed E-state index contributed by atoms with van der Waals surface area (Å²) >= 11 is 0. The summed E-state index contributed by atoms with van der Waals surface area (Å²) < 4.78 is 10.4. The summed E-state index contributed by atoms with van der Waals surface area (Å²) in [5.74, 6) is 0.754. The first kappa shape index (κ1) is 17.7. The van der Waals surface area contributed by atoms with Gasteiger partial charge in [0.05, 0.1) is 5.69 Å². The number of nitrogens with zero attached hydrogens (tertiary/aromatic N) is 4. The van der Waals surface area contributed by atoms with Crippen molar-refractivity contribution in [1.82, 2.24) is 20.4 Å². The van der Waals surface area contributed by atoms with Crippen molar-refractivity contribution in [2.75, 3.05) is 7.11 Å². The third-order valence-corrected chi connectivity index (χ3v) is 3.28. The zero-order valence-electron chi connectivity index (χ0n) is 14.7. The summed E-state index contributed by atoms with van der Waals surface area (Å²) in [5.41, 5.74) is 4.82. The van der Waals surface area contributed by atoms with Gasteiger partial charge in [0.25, 0.3) is 5.89 Å². The smallest absolute Gasteiger partial charge is 0.268 e. The number of methoxy groups -OCH3 is 1. The minimum absolute atomic E-state index is 0.279. The molecule has 3 aromatic rings. The van der Waals surface area contributed by atoms with Gasteiger partial charge in [0.1, 0.15) is 12.3 Å². The quantitative estimate of drug-likeness (QED) is 0.722. The number of benzene rings is 1. The molecule has 0 atom stereocenters. The lowest BCUT2D eigenvalue weighted by Crippen LogP contribution is -1.93. The molecular formula is C18H22N4O2. The third-order valence-electron chi connectivity index (χ3n) is 3.28. The Morgan fingerprint density at radius 3 is 2.25 bits per heavy atom.